The first-order valence-electron chi connectivity index (χ1n) is 7.18. The molecule has 4 heteroatoms. The van der Waals surface area contributed by atoms with Crippen LogP contribution >= 0.6 is 11.6 Å². The number of nitrogens with two attached hydrogens (primary N) is 1. The number of hydrogen-bond donors (Lipinski definition) is 1. The Kier molecular flexibility index (Phi) is 5.74. The van der Waals surface area contributed by atoms with Crippen LogP contribution in [-0.2, 0) is 6.54 Å². The summed E-state index contributed by atoms with van der Waals surface area (Å²) in [5, 5.41) is 3.00. The van der Waals surface area contributed by atoms with Gasteiger partial charge in [0.25, 0.3) is 0 Å². The fraction of sp³-hybridized carbons (Fsp3) is 0.500. The molecule has 0 atom stereocenters. The molecule has 20 heavy (non-hydrogen) atoms. The summed E-state index contributed by atoms with van der Waals surface area (Å²) in [6.07, 6.45) is 7.06. The van der Waals surface area contributed by atoms with Gasteiger partial charge in [-0.25, -0.2) is 0 Å². The Hall–Kier alpha value is -1.19. The molecule has 0 aliphatic heterocycles. The maximum absolute atomic E-state index is 6.29. The van der Waals surface area contributed by atoms with Crippen molar-refractivity contribution in [1.29, 1.82) is 0 Å². The first kappa shape index (κ1) is 15.2. The second-order valence-electron chi connectivity index (χ2n) is 5.19. The molecule has 1 aliphatic carbocycles. The highest BCUT2D eigenvalue weighted by Crippen LogP contribution is 2.36. The van der Waals surface area contributed by atoms with Gasteiger partial charge < -0.3 is 14.8 Å². The van der Waals surface area contributed by atoms with Gasteiger partial charge in [0.1, 0.15) is 13.2 Å². The molecule has 0 spiro atoms. The zero-order chi connectivity index (χ0) is 14.4. The first-order valence-corrected chi connectivity index (χ1v) is 7.55. The fourth-order valence-electron chi connectivity index (χ4n) is 2.67. The molecule has 0 bridgehead atoms. The molecule has 0 heterocycles. The van der Waals surface area contributed by atoms with E-state index in [1.54, 1.807) is 13.2 Å². The predicted octanol–water partition coefficient (Wildman–Crippen LogP) is 2.92. The van der Waals surface area contributed by atoms with Crippen molar-refractivity contribution < 1.29 is 14.8 Å². The van der Waals surface area contributed by atoms with Crippen LogP contribution in [0.25, 0.3) is 0 Å². The highest BCUT2D eigenvalue weighted by Gasteiger charge is 2.18. The standard InChI is InChI=1S/C16H22ClNO2/c1-3-8-20-16-14(17)9-12(10-15(16)19-2)11-18-13-6-4-5-7-13/h3,9-10,13,18H,1,4-8,11H2,2H3/p+1. The van der Waals surface area contributed by atoms with E-state index in [1.165, 1.54) is 31.2 Å². The Bertz CT molecular complexity index is 456. The molecule has 1 aromatic rings. The van der Waals surface area contributed by atoms with E-state index >= 15 is 0 Å². The lowest BCUT2D eigenvalue weighted by Crippen LogP contribution is -2.87. The molecule has 1 aromatic carbocycles. The van der Waals surface area contributed by atoms with Crippen LogP contribution in [0.5, 0.6) is 11.5 Å². The molecular weight excluding hydrogens is 274 g/mol. The van der Waals surface area contributed by atoms with E-state index in [9.17, 15) is 0 Å². The summed E-state index contributed by atoms with van der Waals surface area (Å²) < 4.78 is 10.9. The van der Waals surface area contributed by atoms with Gasteiger partial charge >= 0.3 is 0 Å². The Morgan fingerprint density at radius 3 is 2.80 bits per heavy atom. The highest BCUT2D eigenvalue weighted by atomic mass is 35.5. The van der Waals surface area contributed by atoms with Gasteiger partial charge in [0.15, 0.2) is 11.5 Å². The second kappa shape index (κ2) is 7.55. The van der Waals surface area contributed by atoms with Crippen LogP contribution in [0.2, 0.25) is 5.02 Å². The molecule has 2 N–H and O–H groups in total. The molecule has 2 rings (SSSR count). The van der Waals surface area contributed by atoms with Crippen molar-refractivity contribution in [1.82, 2.24) is 0 Å². The third-order valence-corrected chi connectivity index (χ3v) is 4.00. The molecule has 110 valence electrons. The maximum Gasteiger partial charge on any atom is 0.180 e. The highest BCUT2D eigenvalue weighted by molar-refractivity contribution is 6.32. The number of quaternary nitrogens is 1. The smallest absolute Gasteiger partial charge is 0.180 e. The van der Waals surface area contributed by atoms with E-state index in [1.807, 2.05) is 12.1 Å². The van der Waals surface area contributed by atoms with E-state index in [0.717, 1.165) is 12.6 Å². The van der Waals surface area contributed by atoms with Crippen LogP contribution in [-0.4, -0.2) is 19.8 Å². The zero-order valence-electron chi connectivity index (χ0n) is 12.0. The summed E-state index contributed by atoms with van der Waals surface area (Å²) in [6.45, 7) is 4.99. The van der Waals surface area contributed by atoms with E-state index < -0.39 is 0 Å². The van der Waals surface area contributed by atoms with Crippen LogP contribution in [0.3, 0.4) is 0 Å². The van der Waals surface area contributed by atoms with E-state index in [0.29, 0.717) is 23.1 Å². The van der Waals surface area contributed by atoms with E-state index in [-0.39, 0.29) is 0 Å². The monoisotopic (exact) mass is 296 g/mol. The van der Waals surface area contributed by atoms with Crippen molar-refractivity contribution in [3.63, 3.8) is 0 Å². The summed E-state index contributed by atoms with van der Waals surface area (Å²) in [5.41, 5.74) is 1.17. The van der Waals surface area contributed by atoms with Gasteiger partial charge in [0.05, 0.1) is 18.2 Å². The minimum Gasteiger partial charge on any atom is -0.493 e. The number of rotatable bonds is 7. The third kappa shape index (κ3) is 3.90. The Balaban J connectivity index is 2.05. The van der Waals surface area contributed by atoms with Crippen molar-refractivity contribution >= 4 is 11.6 Å². The molecule has 1 fully saturated rings. The maximum atomic E-state index is 6.29. The third-order valence-electron chi connectivity index (χ3n) is 3.72. The molecule has 0 saturated heterocycles. The lowest BCUT2D eigenvalue weighted by Gasteiger charge is -2.14. The average molecular weight is 297 g/mol. The topological polar surface area (TPSA) is 35.1 Å². The van der Waals surface area contributed by atoms with Crippen LogP contribution < -0.4 is 14.8 Å². The summed E-state index contributed by atoms with van der Waals surface area (Å²) in [5.74, 6) is 1.29. The first-order chi connectivity index (χ1) is 9.74. The van der Waals surface area contributed by atoms with E-state index in [4.69, 9.17) is 21.1 Å². The lowest BCUT2D eigenvalue weighted by atomic mass is 10.1. The van der Waals surface area contributed by atoms with Crippen molar-refractivity contribution in [3.8, 4) is 11.5 Å². The lowest BCUT2D eigenvalue weighted by molar-refractivity contribution is -0.703. The largest absolute Gasteiger partial charge is 0.493 e. The van der Waals surface area contributed by atoms with Gasteiger partial charge in [-0.2, -0.15) is 0 Å². The summed E-state index contributed by atoms with van der Waals surface area (Å²) in [6, 6.07) is 4.74. The molecule has 1 saturated carbocycles. The van der Waals surface area contributed by atoms with Gasteiger partial charge in [-0.1, -0.05) is 24.3 Å². The number of ether oxygens (including phenoxy) is 2. The average Bonchev–Trinajstić information content (AvgIpc) is 2.96. The van der Waals surface area contributed by atoms with E-state index in [2.05, 4.69) is 11.9 Å². The number of halogens is 1. The quantitative estimate of drug-likeness (QED) is 0.785. The van der Waals surface area contributed by atoms with Gasteiger partial charge in [-0.15, -0.1) is 0 Å². The second-order valence-corrected chi connectivity index (χ2v) is 5.60. The Morgan fingerprint density at radius 1 is 1.40 bits per heavy atom. The molecule has 1 aliphatic rings. The number of methoxy groups -OCH3 is 1. The van der Waals surface area contributed by atoms with Crippen molar-refractivity contribution in [2.75, 3.05) is 13.7 Å². The molecule has 0 aromatic heterocycles. The normalized spacial score (nSPS) is 15.3. The minimum absolute atomic E-state index is 0.420. The molecule has 0 radical (unpaired) electrons. The predicted molar refractivity (Wildman–Crippen MR) is 81.6 cm³/mol. The van der Waals surface area contributed by atoms with Crippen LogP contribution in [0, 0.1) is 0 Å². The fourth-order valence-corrected chi connectivity index (χ4v) is 2.96. The van der Waals surface area contributed by atoms with Crippen molar-refractivity contribution in [2.45, 2.75) is 38.3 Å². The number of hydrogen-bond acceptors (Lipinski definition) is 2. The van der Waals surface area contributed by atoms with Crippen LogP contribution in [0.1, 0.15) is 31.2 Å². The van der Waals surface area contributed by atoms with Gasteiger partial charge in [-0.05, 0) is 37.8 Å². The van der Waals surface area contributed by atoms with Crippen LogP contribution in [0.15, 0.2) is 24.8 Å². The molecular formula is C16H23ClNO2+. The molecule has 0 unspecified atom stereocenters. The van der Waals surface area contributed by atoms with Gasteiger partial charge in [-0.3, -0.25) is 0 Å². The molecule has 3 nitrogen and oxygen atoms in total. The summed E-state index contributed by atoms with van der Waals surface area (Å²) >= 11 is 6.29. The Labute approximate surface area is 125 Å². The summed E-state index contributed by atoms with van der Waals surface area (Å²) in [4.78, 5) is 0. The van der Waals surface area contributed by atoms with Crippen LogP contribution in [0.4, 0.5) is 0 Å². The molecule has 0 amide bonds. The van der Waals surface area contributed by atoms with Gasteiger partial charge in [0.2, 0.25) is 0 Å². The summed E-state index contributed by atoms with van der Waals surface area (Å²) in [7, 11) is 1.64. The number of benzene rings is 1. The van der Waals surface area contributed by atoms with Gasteiger partial charge in [0, 0.05) is 5.56 Å². The zero-order valence-corrected chi connectivity index (χ0v) is 12.8. The minimum atomic E-state index is 0.420. The Morgan fingerprint density at radius 2 is 2.15 bits per heavy atom. The van der Waals surface area contributed by atoms with Crippen molar-refractivity contribution in [3.05, 3.63) is 35.4 Å². The van der Waals surface area contributed by atoms with Crippen molar-refractivity contribution in [2.24, 2.45) is 0 Å². The SMILES string of the molecule is C=CCOc1c(Cl)cc(C[NH2+]C2CCCC2)cc1OC.